The Morgan fingerprint density at radius 1 is 1.22 bits per heavy atom. The maximum Gasteiger partial charge on any atom is 0.417 e. The molecule has 1 aromatic carbocycles. The number of carbonyl (C=O) groups excluding carboxylic acids is 1. The van der Waals surface area contributed by atoms with Gasteiger partial charge >= 0.3 is 6.18 Å². The van der Waals surface area contributed by atoms with Gasteiger partial charge in [-0.2, -0.15) is 18.3 Å². The summed E-state index contributed by atoms with van der Waals surface area (Å²) in [6, 6.07) is 1.88. The Kier molecular flexibility index (Phi) is 9.37. The number of H-pyrrole nitrogens is 1. The second-order valence-electron chi connectivity index (χ2n) is 12.6. The van der Waals surface area contributed by atoms with Gasteiger partial charge in [0.15, 0.2) is 5.82 Å². The van der Waals surface area contributed by atoms with E-state index >= 15 is 4.39 Å². The molecule has 0 saturated carbocycles. The van der Waals surface area contributed by atoms with Gasteiger partial charge in [0.05, 0.1) is 41.2 Å². The van der Waals surface area contributed by atoms with Gasteiger partial charge in [-0.25, -0.2) is 23.1 Å². The van der Waals surface area contributed by atoms with Crippen molar-refractivity contribution in [3.05, 3.63) is 58.4 Å². The van der Waals surface area contributed by atoms with Gasteiger partial charge in [0, 0.05) is 42.7 Å². The van der Waals surface area contributed by atoms with Crippen LogP contribution in [0.25, 0.3) is 22.2 Å². The van der Waals surface area contributed by atoms with E-state index in [-0.39, 0.29) is 52.6 Å². The Morgan fingerprint density at radius 3 is 2.58 bits per heavy atom. The third-order valence-electron chi connectivity index (χ3n) is 9.40. The van der Waals surface area contributed by atoms with E-state index in [1.807, 2.05) is 0 Å². The van der Waals surface area contributed by atoms with Crippen molar-refractivity contribution >= 4 is 34.7 Å². The molecule has 7 rings (SSSR count). The third-order valence-corrected chi connectivity index (χ3v) is 9.40. The van der Waals surface area contributed by atoms with Gasteiger partial charge in [0.2, 0.25) is 12.3 Å². The van der Waals surface area contributed by atoms with Crippen LogP contribution in [0.5, 0.6) is 5.88 Å². The lowest BCUT2D eigenvalue weighted by Crippen LogP contribution is -2.42. The Bertz CT molecular complexity index is 1950. The number of nitrogen functional groups attached to an aromatic ring is 1. The first-order chi connectivity index (χ1) is 23.7. The van der Waals surface area contributed by atoms with E-state index in [1.165, 1.54) is 32.5 Å². The standard InChI is InChI=1S/C27H25F5N8O2.C6H10FN/c1-11-5-17-16(8-37-39-17)18(20(11)27(30,31)32)23-21(29)22(36-10-41)19-25(34-4)40(12(2)9-42-26(19)38-23)13(3)15-6-14(28)7-35-24(15)33;7-5-3-6-1-2-8(6)4-5/h5-8,10,12-13H,9H2,1-4H3,(H2,33,35)(H,37,39)(H,36,38,41);5-6H,1-4H2/t12-,13?;/m0./s1. The van der Waals surface area contributed by atoms with E-state index in [0.717, 1.165) is 25.4 Å². The average molecular weight is 704 g/mol. The number of hydrogen-bond acceptors (Lipinski definition) is 8. The number of anilines is 2. The van der Waals surface area contributed by atoms with Crippen LogP contribution in [0.1, 0.15) is 55.0 Å². The lowest BCUT2D eigenvalue weighted by atomic mass is 9.93. The van der Waals surface area contributed by atoms with Gasteiger partial charge < -0.3 is 20.7 Å². The van der Waals surface area contributed by atoms with Crippen molar-refractivity contribution in [3.8, 4) is 17.1 Å². The molecule has 0 radical (unpaired) electrons. The quantitative estimate of drug-likeness (QED) is 0.175. The summed E-state index contributed by atoms with van der Waals surface area (Å²) in [6.45, 7) is 6.46. The molecule has 3 aliphatic heterocycles. The largest absolute Gasteiger partial charge is 0.475 e. The monoisotopic (exact) mass is 703 g/mol. The lowest BCUT2D eigenvalue weighted by Gasteiger charge is -2.36. The van der Waals surface area contributed by atoms with Crippen molar-refractivity contribution in [1.29, 1.82) is 0 Å². The minimum atomic E-state index is -4.89. The number of alkyl halides is 4. The molecule has 2 saturated heterocycles. The number of rotatable bonds is 5. The second-order valence-corrected chi connectivity index (χ2v) is 12.6. The van der Waals surface area contributed by atoms with Crippen LogP contribution < -0.4 is 15.8 Å². The molecule has 17 heteroatoms. The number of hydrogen-bond donors (Lipinski definition) is 3. The fourth-order valence-electron chi connectivity index (χ4n) is 7.04. The molecule has 0 spiro atoms. The summed E-state index contributed by atoms with van der Waals surface area (Å²) in [5.74, 6) is -2.04. The molecule has 0 aliphatic carbocycles. The first-order valence-electron chi connectivity index (χ1n) is 15.9. The molecular formula is C33H35F6N9O2. The van der Waals surface area contributed by atoms with Crippen LogP contribution in [0.2, 0.25) is 0 Å². The summed E-state index contributed by atoms with van der Waals surface area (Å²) in [5, 5.41) is 8.68. The number of aromatic amines is 1. The first-order valence-corrected chi connectivity index (χ1v) is 15.9. The fraction of sp³-hybridized carbons (Fsp3) is 0.424. The number of nitrogens with two attached hydrogens (primary N) is 1. The highest BCUT2D eigenvalue weighted by Gasteiger charge is 2.41. The Morgan fingerprint density at radius 2 is 1.98 bits per heavy atom. The number of nitrogens with zero attached hydrogens (tertiary/aromatic N) is 6. The molecule has 3 aromatic heterocycles. The van der Waals surface area contributed by atoms with Gasteiger partial charge in [0.1, 0.15) is 41.5 Å². The van der Waals surface area contributed by atoms with Crippen LogP contribution in [-0.2, 0) is 11.0 Å². The lowest BCUT2D eigenvalue weighted by molar-refractivity contribution is -0.137. The zero-order valence-electron chi connectivity index (χ0n) is 27.6. The third kappa shape index (κ3) is 6.18. The van der Waals surface area contributed by atoms with E-state index < -0.39 is 58.6 Å². The van der Waals surface area contributed by atoms with Crippen LogP contribution in [-0.4, -0.2) is 87.2 Å². The summed E-state index contributed by atoms with van der Waals surface area (Å²) < 4.78 is 92.2. The molecule has 1 amide bonds. The van der Waals surface area contributed by atoms with Gasteiger partial charge in [-0.15, -0.1) is 0 Å². The van der Waals surface area contributed by atoms with Crippen molar-refractivity contribution in [3.63, 3.8) is 0 Å². The van der Waals surface area contributed by atoms with E-state index in [0.29, 0.717) is 18.2 Å². The van der Waals surface area contributed by atoms with Crippen molar-refractivity contribution in [2.75, 3.05) is 37.8 Å². The van der Waals surface area contributed by atoms with Crippen molar-refractivity contribution in [2.45, 2.75) is 64.1 Å². The van der Waals surface area contributed by atoms with Crippen molar-refractivity contribution < 1.29 is 35.9 Å². The van der Waals surface area contributed by atoms with Gasteiger partial charge in [-0.3, -0.25) is 19.8 Å². The van der Waals surface area contributed by atoms with Crippen molar-refractivity contribution in [1.82, 2.24) is 30.0 Å². The molecule has 3 unspecified atom stereocenters. The van der Waals surface area contributed by atoms with Crippen LogP contribution >= 0.6 is 0 Å². The summed E-state index contributed by atoms with van der Waals surface area (Å²) >= 11 is 0. The molecule has 2 fully saturated rings. The molecule has 50 heavy (non-hydrogen) atoms. The van der Waals surface area contributed by atoms with Crippen LogP contribution in [0.3, 0.4) is 0 Å². The number of benzene rings is 1. The molecule has 11 nitrogen and oxygen atoms in total. The predicted octanol–water partition coefficient (Wildman–Crippen LogP) is 5.80. The molecule has 0 bridgehead atoms. The molecule has 3 aliphatic rings. The van der Waals surface area contributed by atoms with Gasteiger partial charge in [0.25, 0.3) is 0 Å². The maximum atomic E-state index is 16.5. The van der Waals surface area contributed by atoms with Gasteiger partial charge in [-0.1, -0.05) is 0 Å². The van der Waals surface area contributed by atoms with Crippen LogP contribution in [0.15, 0.2) is 29.5 Å². The number of amidine groups is 1. The molecule has 4 aromatic rings. The average Bonchev–Trinajstić information content (AvgIpc) is 3.58. The minimum absolute atomic E-state index is 0.0352. The van der Waals surface area contributed by atoms with Gasteiger partial charge in [-0.05, 0) is 51.3 Å². The number of aryl methyl sites for hydroxylation is 1. The number of pyridine rings is 2. The van der Waals surface area contributed by atoms with Crippen LogP contribution in [0.4, 0.5) is 37.8 Å². The zero-order chi connectivity index (χ0) is 36.1. The number of amides is 1. The highest BCUT2D eigenvalue weighted by Crippen LogP contribution is 2.46. The second kappa shape index (κ2) is 13.4. The SMILES string of the molecule is CN=C1c2c(nc(-c3c(C(F)(F)F)c(C)cc4[nH]ncc34)c(F)c2NC=O)OC[C@H](C)N1C(C)c1cc(F)cnc1N.FC1CC2CCN2C1. The van der Waals surface area contributed by atoms with Crippen LogP contribution in [0, 0.1) is 18.6 Å². The highest BCUT2D eigenvalue weighted by molar-refractivity contribution is 6.09. The number of carbonyl (C=O) groups is 1. The highest BCUT2D eigenvalue weighted by atomic mass is 19.4. The molecule has 4 N–H and O–H groups in total. The maximum absolute atomic E-state index is 16.5. The normalized spacial score (nSPS) is 21.8. The topological polar surface area (TPSA) is 138 Å². The summed E-state index contributed by atoms with van der Waals surface area (Å²) in [6.07, 6.45) is -1.07. The predicted molar refractivity (Wildman–Crippen MR) is 174 cm³/mol. The smallest absolute Gasteiger partial charge is 0.417 e. The summed E-state index contributed by atoms with van der Waals surface area (Å²) in [7, 11) is 1.40. The zero-order valence-corrected chi connectivity index (χ0v) is 27.6. The van der Waals surface area contributed by atoms with E-state index in [2.05, 4.69) is 35.4 Å². The number of ether oxygens (including phenoxy) is 1. The number of fused-ring (bicyclic) bond motifs is 3. The van der Waals surface area contributed by atoms with E-state index in [4.69, 9.17) is 10.5 Å². The minimum Gasteiger partial charge on any atom is -0.475 e. The fourth-order valence-corrected chi connectivity index (χ4v) is 7.04. The molecule has 4 atom stereocenters. The Labute approximate surface area is 282 Å². The Balaban J connectivity index is 0.000000469. The molecule has 6 heterocycles. The van der Waals surface area contributed by atoms with Crippen molar-refractivity contribution in [2.24, 2.45) is 4.99 Å². The Hall–Kier alpha value is -4.93. The van der Waals surface area contributed by atoms with E-state index in [9.17, 15) is 26.7 Å². The number of halogens is 6. The molecule has 266 valence electrons. The summed E-state index contributed by atoms with van der Waals surface area (Å²) in [4.78, 5) is 28.1. The number of nitrogens with one attached hydrogen (secondary N) is 2. The van der Waals surface area contributed by atoms with E-state index in [1.54, 1.807) is 18.7 Å². The summed E-state index contributed by atoms with van der Waals surface area (Å²) in [5.41, 5.74) is 3.37. The number of aliphatic imine (C=N–C) groups is 1. The molecular weight excluding hydrogens is 668 g/mol. The first kappa shape index (κ1) is 34.9. The number of aromatic nitrogens is 4.